The first-order valence-electron chi connectivity index (χ1n) is 24.7. The summed E-state index contributed by atoms with van der Waals surface area (Å²) in [6.07, 6.45) is 42.9. The number of hydrogen-bond acceptors (Lipinski definition) is 10. The minimum Gasteiger partial charge on any atom is -0.466 e. The highest BCUT2D eigenvalue weighted by Crippen LogP contribution is 2.22. The molecule has 1 fully saturated rings. The van der Waals surface area contributed by atoms with Crippen molar-refractivity contribution in [3.8, 4) is 0 Å². The average Bonchev–Trinajstić information content (AvgIpc) is 3.28. The Balaban J connectivity index is 2.18. The fourth-order valence-electron chi connectivity index (χ4n) is 7.07. The number of nitrogens with one attached hydrogen (secondary N) is 1. The van der Waals surface area contributed by atoms with Crippen LogP contribution in [0, 0.1) is 0 Å². The third kappa shape index (κ3) is 32.4. The topological polar surface area (TPSA) is 175 Å². The third-order valence-electron chi connectivity index (χ3n) is 11.1. The van der Waals surface area contributed by atoms with E-state index in [1.54, 1.807) is 6.08 Å². The Kier molecular flexibility index (Phi) is 38.5. The van der Waals surface area contributed by atoms with Crippen molar-refractivity contribution in [1.29, 1.82) is 0 Å². The Morgan fingerprint density at radius 1 is 0.619 bits per heavy atom. The highest BCUT2D eigenvalue weighted by atomic mass is 16.7. The van der Waals surface area contributed by atoms with Crippen LogP contribution < -0.4 is 5.32 Å². The van der Waals surface area contributed by atoms with Gasteiger partial charge in [-0.25, -0.2) is 0 Å². The first kappa shape index (κ1) is 58.1. The van der Waals surface area contributed by atoms with E-state index in [0.29, 0.717) is 32.3 Å². The Bertz CT molecular complexity index is 1280. The molecule has 1 rings (SSSR count). The van der Waals surface area contributed by atoms with E-state index in [4.69, 9.17) is 14.2 Å². The van der Waals surface area contributed by atoms with Crippen LogP contribution in [0.2, 0.25) is 0 Å². The van der Waals surface area contributed by atoms with Crippen molar-refractivity contribution < 1.29 is 49.3 Å². The van der Waals surface area contributed by atoms with Crippen LogP contribution in [-0.2, 0) is 23.8 Å². The summed E-state index contributed by atoms with van der Waals surface area (Å²) < 4.78 is 16.6. The van der Waals surface area contributed by atoms with E-state index in [9.17, 15) is 35.1 Å². The van der Waals surface area contributed by atoms with Gasteiger partial charge in [-0.15, -0.1) is 0 Å². The number of carbonyl (C=O) groups excluding carboxylic acids is 2. The van der Waals surface area contributed by atoms with Gasteiger partial charge in [0.2, 0.25) is 5.91 Å². The van der Waals surface area contributed by atoms with Gasteiger partial charge >= 0.3 is 5.97 Å². The monoisotopic (exact) mass is 888 g/mol. The molecule has 1 saturated heterocycles. The number of allylic oxidation sites excluding steroid dienone is 11. The molecule has 1 amide bonds. The van der Waals surface area contributed by atoms with Gasteiger partial charge in [0.15, 0.2) is 6.29 Å². The number of aliphatic hydroxyl groups is 5. The molecular weight excluding hydrogens is 799 g/mol. The van der Waals surface area contributed by atoms with Gasteiger partial charge in [0, 0.05) is 12.8 Å². The van der Waals surface area contributed by atoms with Crippen LogP contribution in [-0.4, -0.2) is 100 Å². The van der Waals surface area contributed by atoms with Crippen molar-refractivity contribution >= 4 is 11.9 Å². The predicted molar refractivity (Wildman–Crippen MR) is 255 cm³/mol. The molecule has 7 unspecified atom stereocenters. The third-order valence-corrected chi connectivity index (χ3v) is 11.1. The van der Waals surface area contributed by atoms with Crippen LogP contribution in [0.15, 0.2) is 72.9 Å². The number of rotatable bonds is 40. The number of aliphatic hydroxyl groups excluding tert-OH is 5. The number of hydrogen-bond donors (Lipinski definition) is 6. The van der Waals surface area contributed by atoms with Crippen molar-refractivity contribution in [2.75, 3.05) is 19.8 Å². The molecule has 63 heavy (non-hydrogen) atoms. The maximum absolute atomic E-state index is 12.9. The fourth-order valence-corrected chi connectivity index (χ4v) is 7.07. The van der Waals surface area contributed by atoms with Gasteiger partial charge in [-0.05, 0) is 110 Å². The zero-order chi connectivity index (χ0) is 46.0. The summed E-state index contributed by atoms with van der Waals surface area (Å²) in [4.78, 5) is 25.0. The van der Waals surface area contributed by atoms with Crippen molar-refractivity contribution in [2.24, 2.45) is 0 Å². The molecule has 0 bridgehead atoms. The summed E-state index contributed by atoms with van der Waals surface area (Å²) in [5.74, 6) is -0.295. The van der Waals surface area contributed by atoms with Gasteiger partial charge in [-0.3, -0.25) is 9.59 Å². The Labute approximate surface area is 381 Å². The van der Waals surface area contributed by atoms with Gasteiger partial charge in [0.05, 0.1) is 32.0 Å². The van der Waals surface area contributed by atoms with E-state index in [1.807, 2.05) is 19.1 Å². The largest absolute Gasteiger partial charge is 0.466 e. The predicted octanol–water partition coefficient (Wildman–Crippen LogP) is 9.71. The molecule has 1 heterocycles. The van der Waals surface area contributed by atoms with E-state index in [2.05, 4.69) is 66.9 Å². The number of esters is 1. The molecule has 0 spiro atoms. The minimum absolute atomic E-state index is 0.0655. The second kappa shape index (κ2) is 41.8. The molecule has 1 aliphatic rings. The van der Waals surface area contributed by atoms with E-state index in [1.165, 1.54) is 38.5 Å². The molecule has 6 N–H and O–H groups in total. The van der Waals surface area contributed by atoms with E-state index in [0.717, 1.165) is 103 Å². The van der Waals surface area contributed by atoms with Crippen molar-refractivity contribution in [1.82, 2.24) is 5.32 Å². The first-order chi connectivity index (χ1) is 30.7. The summed E-state index contributed by atoms with van der Waals surface area (Å²) >= 11 is 0. The molecule has 11 heteroatoms. The lowest BCUT2D eigenvalue weighted by Crippen LogP contribution is -2.60. The summed E-state index contributed by atoms with van der Waals surface area (Å²) in [5, 5.41) is 54.0. The molecule has 0 saturated carbocycles. The molecule has 1 aliphatic heterocycles. The lowest BCUT2D eigenvalue weighted by molar-refractivity contribution is -0.302. The van der Waals surface area contributed by atoms with Crippen LogP contribution in [0.3, 0.4) is 0 Å². The number of amides is 1. The van der Waals surface area contributed by atoms with Gasteiger partial charge in [0.25, 0.3) is 0 Å². The standard InChI is InChI=1S/C52H89NO10/c1-3-5-7-9-11-13-14-15-16-20-24-28-32-36-40-48(57)61-41-37-33-29-25-21-18-17-19-23-27-31-35-39-47(56)53-44(45(55)38-34-30-26-22-12-10-8-6-4-2)43-62-52-51(60)50(59)49(58)46(42-54)63-52/h4,6,9,11-12,14-15,18,21-22,34,38,44-46,49-52,54-55,58-60H,3,5,7-8,10,13,16-17,19-20,23-33,35-37,39-43H2,1-2H3,(H,53,56)/b6-4+,11-9-,15-14-,21-18-,22-12+,38-34+. The summed E-state index contributed by atoms with van der Waals surface area (Å²) in [7, 11) is 0. The van der Waals surface area contributed by atoms with Gasteiger partial charge < -0.3 is 45.1 Å². The van der Waals surface area contributed by atoms with Gasteiger partial charge in [-0.2, -0.15) is 0 Å². The number of ether oxygens (including phenoxy) is 3. The van der Waals surface area contributed by atoms with Crippen LogP contribution >= 0.6 is 0 Å². The van der Waals surface area contributed by atoms with Crippen LogP contribution in [0.1, 0.15) is 181 Å². The van der Waals surface area contributed by atoms with Gasteiger partial charge in [-0.1, -0.05) is 131 Å². The molecular formula is C52H89NO10. The second-order valence-electron chi connectivity index (χ2n) is 16.8. The molecule has 0 aromatic rings. The van der Waals surface area contributed by atoms with Crippen molar-refractivity contribution in [3.63, 3.8) is 0 Å². The Morgan fingerprint density at radius 3 is 1.76 bits per heavy atom. The zero-order valence-corrected chi connectivity index (χ0v) is 39.3. The van der Waals surface area contributed by atoms with Gasteiger partial charge in [0.1, 0.15) is 24.4 Å². The summed E-state index contributed by atoms with van der Waals surface area (Å²) in [6.45, 7) is 3.92. The Morgan fingerprint density at radius 2 is 1.14 bits per heavy atom. The molecule has 362 valence electrons. The lowest BCUT2D eigenvalue weighted by Gasteiger charge is -2.40. The van der Waals surface area contributed by atoms with E-state index >= 15 is 0 Å². The van der Waals surface area contributed by atoms with E-state index in [-0.39, 0.29) is 18.5 Å². The van der Waals surface area contributed by atoms with Crippen LogP contribution in [0.4, 0.5) is 0 Å². The average molecular weight is 888 g/mol. The Hall–Kier alpha value is -2.90. The number of carbonyl (C=O) groups is 2. The number of unbranched alkanes of at least 4 members (excludes halogenated alkanes) is 17. The maximum Gasteiger partial charge on any atom is 0.305 e. The maximum atomic E-state index is 12.9. The normalized spacial score (nSPS) is 20.7. The lowest BCUT2D eigenvalue weighted by atomic mass is 9.99. The quantitative estimate of drug-likeness (QED) is 0.0198. The van der Waals surface area contributed by atoms with Crippen LogP contribution in [0.5, 0.6) is 0 Å². The summed E-state index contributed by atoms with van der Waals surface area (Å²) in [5.41, 5.74) is 0. The molecule has 11 nitrogen and oxygen atoms in total. The smallest absolute Gasteiger partial charge is 0.305 e. The highest BCUT2D eigenvalue weighted by molar-refractivity contribution is 5.76. The molecule has 0 aliphatic carbocycles. The van der Waals surface area contributed by atoms with Crippen LogP contribution in [0.25, 0.3) is 0 Å². The summed E-state index contributed by atoms with van der Waals surface area (Å²) in [6, 6.07) is -0.854. The van der Waals surface area contributed by atoms with E-state index < -0.39 is 49.5 Å². The fraction of sp³-hybridized carbons (Fsp3) is 0.731. The zero-order valence-electron chi connectivity index (χ0n) is 39.3. The van der Waals surface area contributed by atoms with Crippen molar-refractivity contribution in [2.45, 2.75) is 224 Å². The second-order valence-corrected chi connectivity index (χ2v) is 16.8. The minimum atomic E-state index is -1.59. The first-order valence-corrected chi connectivity index (χ1v) is 24.7. The van der Waals surface area contributed by atoms with Crippen molar-refractivity contribution in [3.05, 3.63) is 72.9 Å². The SMILES string of the molecule is C/C=C/CC/C=C/CC/C=C/C(O)C(COC1OC(CO)C(O)C(O)C1O)NC(=O)CCCCCCC/C=C\CCCCCOC(=O)CCCCCCC/C=C\C/C=C\CCCC. The highest BCUT2D eigenvalue weighted by Gasteiger charge is 2.44. The molecule has 7 atom stereocenters. The molecule has 0 aromatic heterocycles. The molecule has 0 aromatic carbocycles. The molecule has 0 radical (unpaired) electrons.